The second-order valence-electron chi connectivity index (χ2n) is 32.6. The summed E-state index contributed by atoms with van der Waals surface area (Å²) < 4.78 is 14.5. The summed E-state index contributed by atoms with van der Waals surface area (Å²) in [7, 11) is 15.8. The molecule has 0 radical (unpaired) electrons. The predicted octanol–water partition coefficient (Wildman–Crippen LogP) is 7.36. The largest absolute Gasteiger partial charge is 0.507 e. The van der Waals surface area contributed by atoms with E-state index < -0.39 is 76.8 Å². The molecule has 3 aromatic carbocycles. The lowest BCUT2D eigenvalue weighted by molar-refractivity contribution is -0.117. The molecule has 46 nitrogen and oxygen atoms in total. The number of carbonyl (C=O) groups is 15. The number of carbonyl (C=O) groups excluding carboxylic acids is 15. The minimum absolute atomic E-state index is 0.00390. The van der Waals surface area contributed by atoms with E-state index in [1.165, 1.54) is 148 Å². The number of imidazole rings is 4. The first-order valence-corrected chi connectivity index (χ1v) is 43.0. The Morgan fingerprint density at radius 1 is 0.365 bits per heavy atom. The number of halogens is 1. The molecule has 0 spiro atoms. The van der Waals surface area contributed by atoms with E-state index >= 15 is 0 Å². The molecule has 1 aliphatic rings. The van der Waals surface area contributed by atoms with Crippen LogP contribution < -0.4 is 79.3 Å². The predicted molar refractivity (Wildman–Crippen MR) is 506 cm³/mol. The van der Waals surface area contributed by atoms with E-state index in [9.17, 15) is 77.0 Å². The highest BCUT2D eigenvalue weighted by Crippen LogP contribution is 2.46. The van der Waals surface area contributed by atoms with Crippen LogP contribution >= 0.6 is 11.6 Å². The van der Waals surface area contributed by atoms with Crippen molar-refractivity contribution in [3.8, 4) is 5.75 Å². The molecule has 706 valence electrons. The van der Waals surface area contributed by atoms with Crippen LogP contribution in [0.25, 0.3) is 21.7 Å². The Labute approximate surface area is 782 Å². The molecule has 1 unspecified atom stereocenters. The molecule has 0 saturated heterocycles. The van der Waals surface area contributed by atoms with Crippen LogP contribution in [0.5, 0.6) is 5.75 Å². The summed E-state index contributed by atoms with van der Waals surface area (Å²) in [6, 6.07) is 24.7. The number of aromatic nitrogens is 15. The molecule has 137 heavy (non-hydrogen) atoms. The van der Waals surface area contributed by atoms with Gasteiger partial charge in [-0.2, -0.15) is 0 Å². The fraction of sp³-hybridized carbons (Fsp3) is 0.233. The van der Waals surface area contributed by atoms with E-state index in [-0.39, 0.29) is 172 Å². The molecule has 47 heteroatoms. The molecular weight excluding hydrogens is 1790 g/mol. The molecule has 0 fully saturated rings. The topological polar surface area (TPSA) is 565 Å². The highest BCUT2D eigenvalue weighted by atomic mass is 35.5. The van der Waals surface area contributed by atoms with Crippen LogP contribution in [0.4, 0.5) is 68.8 Å². The first-order valence-electron chi connectivity index (χ1n) is 42.4. The molecule has 14 aromatic rings. The lowest BCUT2D eigenvalue weighted by atomic mass is 9.95. The van der Waals surface area contributed by atoms with Gasteiger partial charge >= 0.3 is 0 Å². The number of hydrogen-bond donors (Lipinski definition) is 16. The second-order valence-corrected chi connectivity index (χ2v) is 32.9. The molecule has 1 atom stereocenters. The van der Waals surface area contributed by atoms with Crippen LogP contribution in [-0.2, 0) is 89.7 Å². The van der Waals surface area contributed by atoms with Crippen LogP contribution in [0.2, 0.25) is 0 Å². The Bertz CT molecular complexity index is 7290. The SMILES string of the molecule is CC(=O)Nc1cc(C(=O)Nc2cc(C(=O)Nc3cn(C)c(C(=O)NCCC(=O)Nc4cc(C(=O)Nc5cn(C)c(C(=O)Nc6cn(C)c(C(=O)NCCCC(=O)Nc7cc(C(=O)Nc8cc(C(=O)NCCC(=O)Nc9cn(C)c(C(=O)Nc%10cc(C(=O)Nc%11ccc%12cc(C(=O)N%13CC(CCl)c%14c%13cc(O)c%13ccccc%14%13)[nH]c%12c%11)n(C)c%10)n9)n(C)c8)n(C)c7)n6)n5)n(C)c4)n3)n(C)c2)n(C)c1. The van der Waals surface area contributed by atoms with Crippen molar-refractivity contribution in [1.82, 2.24) is 86.5 Å². The molecule has 0 bridgehead atoms. The Kier molecular flexibility index (Phi) is 26.9. The van der Waals surface area contributed by atoms with Crippen molar-refractivity contribution >= 4 is 191 Å². The average Bonchev–Trinajstić information content (AvgIpc) is 1.60. The van der Waals surface area contributed by atoms with Crippen LogP contribution in [-0.4, -0.2) is 196 Å². The van der Waals surface area contributed by atoms with Gasteiger partial charge in [0.05, 0.1) is 39.8 Å². The number of alkyl halides is 1. The van der Waals surface area contributed by atoms with Crippen LogP contribution in [0.15, 0.2) is 153 Å². The van der Waals surface area contributed by atoms with Gasteiger partial charge in [0.2, 0.25) is 46.9 Å². The van der Waals surface area contributed by atoms with Crippen molar-refractivity contribution in [2.24, 2.45) is 70.5 Å². The van der Waals surface area contributed by atoms with Gasteiger partial charge < -0.3 is 135 Å². The van der Waals surface area contributed by atoms with Crippen molar-refractivity contribution in [2.75, 3.05) is 95.4 Å². The third-order valence-corrected chi connectivity index (χ3v) is 22.6. The molecule has 1 aliphatic heterocycles. The third kappa shape index (κ3) is 21.0. The molecule has 16 N–H and O–H groups in total. The molecule has 0 aliphatic carbocycles. The van der Waals surface area contributed by atoms with Crippen molar-refractivity contribution in [1.29, 1.82) is 0 Å². The summed E-state index contributed by atoms with van der Waals surface area (Å²) in [5.41, 5.74) is 5.64. The number of amides is 15. The minimum Gasteiger partial charge on any atom is -0.507 e. The van der Waals surface area contributed by atoms with Gasteiger partial charge in [-0.15, -0.1) is 11.6 Å². The van der Waals surface area contributed by atoms with Gasteiger partial charge in [0.25, 0.3) is 65.0 Å². The maximum absolute atomic E-state index is 14.1. The number of nitrogens with one attached hydrogen (secondary N) is 15. The highest BCUT2D eigenvalue weighted by molar-refractivity contribution is 6.20. The Morgan fingerprint density at radius 3 is 1.18 bits per heavy atom. The quantitative estimate of drug-likeness (QED) is 0.0141. The van der Waals surface area contributed by atoms with Crippen molar-refractivity contribution in [3.63, 3.8) is 0 Å². The van der Waals surface area contributed by atoms with Crippen molar-refractivity contribution in [3.05, 3.63) is 222 Å². The monoisotopic (exact) mass is 1880 g/mol. The first kappa shape index (κ1) is 93.8. The Hall–Kier alpha value is -17.9. The van der Waals surface area contributed by atoms with Gasteiger partial charge in [0, 0.05) is 225 Å². The van der Waals surface area contributed by atoms with Crippen LogP contribution in [0.1, 0.15) is 160 Å². The standard InChI is InChI=1S/C90H93ClN30O16/c1-46(122)95-50-27-62(112(3)36-50)82(129)100-54-31-66(116(7)40-54)85(132)108-69-43-117(8)77(105-69)87(134)94-24-20-73(125)97-52-29-65(114(5)38-52)84(131)109-70-44-120(11)79(107-70)89(136)110-71-45-118(9)76(106-71)86(133)92-22-14-17-72(124)96-51-28-63(113(4)37-51)83(130)99-53-30-61(111(2)39-53)80(127)93-23-21-74(126)103-68-42-119(10)78(104-68)88(135)101-55-32-64(115(6)41-55)81(128)98-49-19-18-47-25-59(102-58(47)26-49)90(137)121-35-48(34-91)75-57-16-13-12-15-56(57)67(123)33-60(75)121/h12-13,15-16,18-19,25-33,36-45,48,102,123H,14,17,20-24,34-35H2,1-11H3,(H,92,133)(H,93,127)(H,94,134)(H,95,122)(H,96,124)(H,97,125)(H,98,128)(H,99,130)(H,100,129)(H,101,135)(H,103,126)(H,108,132)(H,109,131)(H,110,136). The zero-order valence-corrected chi connectivity index (χ0v) is 76.3. The number of phenolic OH excluding ortho intramolecular Hbond substituents is 1. The highest BCUT2D eigenvalue weighted by Gasteiger charge is 2.37. The summed E-state index contributed by atoms with van der Waals surface area (Å²) in [6.07, 6.45) is 14.6. The Balaban J connectivity index is 0.443. The fourth-order valence-electron chi connectivity index (χ4n) is 15.8. The molecule has 15 rings (SSSR count). The van der Waals surface area contributed by atoms with E-state index in [2.05, 4.69) is 99.4 Å². The van der Waals surface area contributed by atoms with E-state index in [0.29, 0.717) is 57.0 Å². The van der Waals surface area contributed by atoms with E-state index in [4.69, 9.17) is 11.6 Å². The van der Waals surface area contributed by atoms with E-state index in [1.54, 1.807) is 109 Å². The summed E-state index contributed by atoms with van der Waals surface area (Å²) in [4.78, 5) is 221. The summed E-state index contributed by atoms with van der Waals surface area (Å²) in [5.74, 6) is -8.17. The number of aromatic amines is 1. The Morgan fingerprint density at radius 2 is 0.723 bits per heavy atom. The smallest absolute Gasteiger partial charge is 0.292 e. The number of aromatic hydroxyl groups is 1. The second kappa shape index (κ2) is 39.3. The number of benzene rings is 3. The normalized spacial score (nSPS) is 12.1. The van der Waals surface area contributed by atoms with Crippen LogP contribution in [0, 0.1) is 0 Å². The maximum Gasteiger partial charge on any atom is 0.292 e. The average molecular weight is 1890 g/mol. The lowest BCUT2D eigenvalue weighted by Gasteiger charge is -2.17. The number of fused-ring (bicyclic) bond motifs is 4. The lowest BCUT2D eigenvalue weighted by Crippen LogP contribution is -2.30. The zero-order valence-electron chi connectivity index (χ0n) is 75.5. The third-order valence-electron chi connectivity index (χ3n) is 22.2. The van der Waals surface area contributed by atoms with Gasteiger partial charge in [0.15, 0.2) is 23.3 Å². The van der Waals surface area contributed by atoms with Crippen molar-refractivity contribution in [2.45, 2.75) is 38.5 Å². The summed E-state index contributed by atoms with van der Waals surface area (Å²) in [6.45, 7) is 1.49. The van der Waals surface area contributed by atoms with Gasteiger partial charge in [0.1, 0.15) is 45.6 Å². The van der Waals surface area contributed by atoms with E-state index in [0.717, 1.165) is 10.9 Å². The molecule has 12 heterocycles. The number of anilines is 12. The first-order chi connectivity index (χ1) is 65.3. The van der Waals surface area contributed by atoms with Crippen LogP contribution in [0.3, 0.4) is 0 Å². The number of hydrogen-bond acceptors (Lipinski definition) is 20. The molecule has 11 aromatic heterocycles. The summed E-state index contributed by atoms with van der Waals surface area (Å²) >= 11 is 6.43. The van der Waals surface area contributed by atoms with E-state index in [1.807, 2.05) is 24.3 Å². The molecule has 0 saturated carbocycles. The van der Waals surface area contributed by atoms with Crippen molar-refractivity contribution < 1.29 is 77.0 Å². The number of aryl methyl sites for hydroxylation is 10. The number of nitrogens with zero attached hydrogens (tertiary/aromatic N) is 15. The number of H-pyrrole nitrogens is 1. The number of rotatable bonds is 33. The number of phenols is 1. The maximum atomic E-state index is 14.1. The molecule has 15 amide bonds. The van der Waals surface area contributed by atoms with Gasteiger partial charge in [-0.3, -0.25) is 71.9 Å². The fourth-order valence-corrected chi connectivity index (χ4v) is 16.0. The van der Waals surface area contributed by atoms with Gasteiger partial charge in [-0.05, 0) is 72.0 Å². The minimum atomic E-state index is -0.738. The van der Waals surface area contributed by atoms with Gasteiger partial charge in [-0.25, -0.2) is 19.9 Å². The molecular formula is C90H93ClN30O16. The van der Waals surface area contributed by atoms with Gasteiger partial charge in [-0.1, -0.05) is 30.3 Å². The zero-order chi connectivity index (χ0) is 97.8. The summed E-state index contributed by atoms with van der Waals surface area (Å²) in [5, 5.41) is 50.8.